The van der Waals surface area contributed by atoms with Gasteiger partial charge in [-0.3, -0.25) is 24.4 Å². The van der Waals surface area contributed by atoms with Gasteiger partial charge in [0.05, 0.1) is 29.0 Å². The minimum absolute atomic E-state index is 0.0139. The Morgan fingerprint density at radius 3 is 1.61 bits per heavy atom. The number of aliphatic hydroxyl groups is 1. The van der Waals surface area contributed by atoms with Crippen LogP contribution in [-0.4, -0.2) is 57.5 Å². The van der Waals surface area contributed by atoms with Gasteiger partial charge in [-0.05, 0) is 24.0 Å². The number of hydrogen-bond acceptors (Lipinski definition) is 10. The number of non-ortho nitro benzene ring substituents is 2. The van der Waals surface area contributed by atoms with E-state index in [0.29, 0.717) is 18.4 Å². The largest absolute Gasteiger partial charge is 0.396 e. The highest BCUT2D eigenvalue weighted by atomic mass is 35.7. The number of aliphatic hydroxyl groups excluding tert-OH is 1. The van der Waals surface area contributed by atoms with Crippen molar-refractivity contribution in [1.82, 2.24) is 0 Å². The normalized spacial score (nSPS) is 10.8. The van der Waals surface area contributed by atoms with Gasteiger partial charge in [-0.1, -0.05) is 24.3 Å². The molecule has 2 aromatic carbocycles. The molecule has 15 heteroatoms. The van der Waals surface area contributed by atoms with Gasteiger partial charge in [0.1, 0.15) is 0 Å². The van der Waals surface area contributed by atoms with Crippen LogP contribution in [0.1, 0.15) is 11.1 Å². The third-order valence-corrected chi connectivity index (χ3v) is 3.93. The molecule has 0 aliphatic rings. The molecule has 0 spiro atoms. The SMILES string of the molecule is CS(=O)(=O)Cl.CS(=O)(=O)OCCc1cccc([N+](=O)[O-])c1.O=[N+]([O-])c1cccc(CCO)c1. The molecule has 1 N–H and O–H groups in total. The van der Waals surface area contributed by atoms with Crippen molar-refractivity contribution in [3.63, 3.8) is 0 Å². The van der Waals surface area contributed by atoms with Gasteiger partial charge < -0.3 is 5.11 Å². The number of nitro groups is 2. The molecule has 0 amide bonds. The maximum absolute atomic E-state index is 10.7. The summed E-state index contributed by atoms with van der Waals surface area (Å²) in [6.45, 7) is 0.00116. The first-order valence-electron chi connectivity index (χ1n) is 8.94. The summed E-state index contributed by atoms with van der Waals surface area (Å²) >= 11 is 0. The van der Waals surface area contributed by atoms with Crippen LogP contribution in [0.2, 0.25) is 0 Å². The lowest BCUT2D eigenvalue weighted by atomic mass is 10.1. The summed E-state index contributed by atoms with van der Waals surface area (Å²) in [5.41, 5.74) is 1.50. The van der Waals surface area contributed by atoms with Crippen molar-refractivity contribution in [3.8, 4) is 0 Å². The molecule has 0 fully saturated rings. The van der Waals surface area contributed by atoms with Crippen LogP contribution < -0.4 is 0 Å². The Morgan fingerprint density at radius 1 is 0.879 bits per heavy atom. The molecule has 0 aromatic heterocycles. The van der Waals surface area contributed by atoms with Crippen LogP contribution in [0.4, 0.5) is 11.4 Å². The summed E-state index contributed by atoms with van der Waals surface area (Å²) in [6, 6.07) is 12.3. The topological polar surface area (TPSA) is 184 Å². The van der Waals surface area contributed by atoms with Gasteiger partial charge in [-0.15, -0.1) is 0 Å². The molecule has 2 aromatic rings. The molecule has 0 atom stereocenters. The van der Waals surface area contributed by atoms with Crippen molar-refractivity contribution in [2.75, 3.05) is 25.7 Å². The lowest BCUT2D eigenvalue weighted by Gasteiger charge is -2.01. The average Bonchev–Trinajstić information content (AvgIpc) is 2.67. The van der Waals surface area contributed by atoms with E-state index >= 15 is 0 Å². The molecule has 2 rings (SSSR count). The van der Waals surface area contributed by atoms with E-state index in [-0.39, 0.29) is 24.6 Å². The Balaban J connectivity index is 0.000000530. The molecular formula is C18H23ClN2O10S2. The van der Waals surface area contributed by atoms with Crippen molar-refractivity contribution in [2.45, 2.75) is 12.8 Å². The number of nitrogens with zero attached hydrogens (tertiary/aromatic N) is 2. The fourth-order valence-electron chi connectivity index (χ4n) is 2.09. The molecule has 0 aliphatic carbocycles. The number of nitro benzene ring substituents is 2. The molecule has 33 heavy (non-hydrogen) atoms. The summed E-state index contributed by atoms with van der Waals surface area (Å²) in [5, 5.41) is 29.3. The molecule has 0 saturated heterocycles. The van der Waals surface area contributed by atoms with E-state index in [0.717, 1.165) is 18.1 Å². The zero-order valence-electron chi connectivity index (χ0n) is 17.7. The predicted molar refractivity (Wildman–Crippen MR) is 122 cm³/mol. The maximum atomic E-state index is 10.7. The van der Waals surface area contributed by atoms with E-state index in [1.54, 1.807) is 24.3 Å². The summed E-state index contributed by atoms with van der Waals surface area (Å²) in [5.74, 6) is 0. The summed E-state index contributed by atoms with van der Waals surface area (Å²) < 4.78 is 44.7. The van der Waals surface area contributed by atoms with Crippen LogP contribution >= 0.6 is 10.7 Å². The first kappa shape index (κ1) is 30.4. The molecule has 0 heterocycles. The quantitative estimate of drug-likeness (QED) is 0.232. The molecule has 0 saturated carbocycles. The Bertz CT molecular complexity index is 1130. The van der Waals surface area contributed by atoms with E-state index in [2.05, 4.69) is 14.9 Å². The molecule has 0 bridgehead atoms. The lowest BCUT2D eigenvalue weighted by Crippen LogP contribution is -2.06. The molecule has 0 radical (unpaired) electrons. The average molecular weight is 527 g/mol. The third kappa shape index (κ3) is 17.6. The minimum Gasteiger partial charge on any atom is -0.396 e. The number of benzene rings is 2. The van der Waals surface area contributed by atoms with E-state index in [1.807, 2.05) is 0 Å². The van der Waals surface area contributed by atoms with Crippen LogP contribution in [0, 0.1) is 20.2 Å². The van der Waals surface area contributed by atoms with Gasteiger partial charge in [0, 0.05) is 41.6 Å². The van der Waals surface area contributed by atoms with Crippen molar-refractivity contribution in [3.05, 3.63) is 79.9 Å². The number of halogens is 1. The van der Waals surface area contributed by atoms with Crippen molar-refractivity contribution in [1.29, 1.82) is 0 Å². The van der Waals surface area contributed by atoms with Gasteiger partial charge in [0.25, 0.3) is 21.5 Å². The molecule has 0 aliphatic heterocycles. The van der Waals surface area contributed by atoms with Crippen LogP contribution in [0.3, 0.4) is 0 Å². The zero-order valence-corrected chi connectivity index (χ0v) is 20.0. The van der Waals surface area contributed by atoms with Crippen molar-refractivity contribution >= 4 is 41.2 Å². The van der Waals surface area contributed by atoms with Gasteiger partial charge in [-0.2, -0.15) is 8.42 Å². The predicted octanol–water partition coefficient (Wildman–Crippen LogP) is 2.43. The second-order valence-corrected chi connectivity index (χ2v) is 11.0. The van der Waals surface area contributed by atoms with Crippen LogP contribution in [0.25, 0.3) is 0 Å². The highest BCUT2D eigenvalue weighted by Crippen LogP contribution is 2.14. The highest BCUT2D eigenvalue weighted by molar-refractivity contribution is 8.13. The summed E-state index contributed by atoms with van der Waals surface area (Å²) in [7, 11) is -2.15. The van der Waals surface area contributed by atoms with E-state index in [4.69, 9.17) is 5.11 Å². The van der Waals surface area contributed by atoms with Crippen molar-refractivity contribution in [2.24, 2.45) is 0 Å². The Morgan fingerprint density at radius 2 is 1.27 bits per heavy atom. The van der Waals surface area contributed by atoms with E-state index in [9.17, 15) is 37.1 Å². The zero-order chi connectivity index (χ0) is 25.7. The smallest absolute Gasteiger partial charge is 0.269 e. The summed E-state index contributed by atoms with van der Waals surface area (Å²) in [6.07, 6.45) is 2.66. The maximum Gasteiger partial charge on any atom is 0.269 e. The molecule has 12 nitrogen and oxygen atoms in total. The molecule has 0 unspecified atom stereocenters. The van der Waals surface area contributed by atoms with Gasteiger partial charge in [0.2, 0.25) is 9.05 Å². The monoisotopic (exact) mass is 526 g/mol. The summed E-state index contributed by atoms with van der Waals surface area (Å²) in [4.78, 5) is 19.8. The van der Waals surface area contributed by atoms with Gasteiger partial charge >= 0.3 is 0 Å². The Hall–Kier alpha value is -2.65. The first-order valence-corrected chi connectivity index (χ1v) is 13.5. The van der Waals surface area contributed by atoms with Crippen LogP contribution in [0.15, 0.2) is 48.5 Å². The van der Waals surface area contributed by atoms with E-state index in [1.165, 1.54) is 24.3 Å². The second-order valence-electron chi connectivity index (χ2n) is 6.29. The van der Waals surface area contributed by atoms with Gasteiger partial charge in [-0.25, -0.2) is 8.42 Å². The van der Waals surface area contributed by atoms with Crippen LogP contribution in [-0.2, 0) is 36.2 Å². The molecule has 184 valence electrons. The standard InChI is InChI=1S/C9H11NO5S.C8H9NO3.CH3ClO2S/c1-16(13,14)15-6-5-8-3-2-4-9(7-8)10(11)12;10-5-4-7-2-1-3-8(6-7)9(11)12;1-5(2,3)4/h2-4,7H,5-6H2,1H3;1-3,6,10H,4-5H2;1H3. The highest BCUT2D eigenvalue weighted by Gasteiger charge is 2.07. The number of hydrogen-bond donors (Lipinski definition) is 1. The third-order valence-electron chi connectivity index (χ3n) is 3.33. The first-order chi connectivity index (χ1) is 15.1. The minimum atomic E-state index is -3.45. The second kappa shape index (κ2) is 14.5. The fraction of sp³-hybridized carbons (Fsp3) is 0.333. The van der Waals surface area contributed by atoms with Crippen molar-refractivity contribution < 1.29 is 36.0 Å². The molecular weight excluding hydrogens is 504 g/mol. The Labute approximate surface area is 195 Å². The van der Waals surface area contributed by atoms with E-state index < -0.39 is 29.0 Å². The van der Waals surface area contributed by atoms with Gasteiger partial charge in [0.15, 0.2) is 0 Å². The fourth-order valence-corrected chi connectivity index (χ4v) is 2.48. The lowest BCUT2D eigenvalue weighted by molar-refractivity contribution is -0.385. The number of rotatable bonds is 8. The Kier molecular flexibility index (Phi) is 13.3. The van der Waals surface area contributed by atoms with Crippen LogP contribution in [0.5, 0.6) is 0 Å².